The molecule has 3 aromatic rings. The average molecular weight is 491 g/mol. The minimum absolute atomic E-state index is 0.0645. The maximum atomic E-state index is 10.8. The van der Waals surface area contributed by atoms with Gasteiger partial charge in [-0.1, -0.05) is 48.6 Å². The van der Waals surface area contributed by atoms with Crippen LogP contribution in [-0.4, -0.2) is 29.9 Å². The van der Waals surface area contributed by atoms with Crippen molar-refractivity contribution in [2.75, 3.05) is 13.7 Å². The Morgan fingerprint density at radius 3 is 2.39 bits per heavy atom. The number of benzene rings is 3. The number of carboxylic acids is 1. The number of methoxy groups -OCH3 is 1. The molecule has 0 aliphatic carbocycles. The van der Waals surface area contributed by atoms with Crippen LogP contribution in [0.25, 0.3) is 0 Å². The Balaban J connectivity index is 1.54. The van der Waals surface area contributed by atoms with Gasteiger partial charge in [0, 0.05) is 17.9 Å². The summed E-state index contributed by atoms with van der Waals surface area (Å²) in [6.45, 7) is 0.393. The molecule has 0 bridgehead atoms. The van der Waals surface area contributed by atoms with Gasteiger partial charge in [-0.05, 0) is 49.2 Å². The lowest BCUT2D eigenvalue weighted by atomic mass is 9.91. The molecular formula is C29H30O7. The number of carboxylic acid groups (broad SMARTS) is 1. The molecule has 7 heteroatoms. The molecule has 1 aliphatic rings. The molecule has 0 aromatic heterocycles. The number of phenols is 1. The lowest BCUT2D eigenvalue weighted by molar-refractivity contribution is -0.244. The number of allylic oxidation sites excluding steroid dienone is 2. The second-order valence-electron chi connectivity index (χ2n) is 8.50. The number of hydrogen-bond donors (Lipinski definition) is 2. The summed E-state index contributed by atoms with van der Waals surface area (Å²) in [4.78, 5) is 10.8. The highest BCUT2D eigenvalue weighted by atomic mass is 16.7. The SMILES string of the molecule is COc1ccc(Oc2ccccc2C2OCC(CC=CCCC(=O)O)C(c3ccccc3O)O2)cc1. The van der Waals surface area contributed by atoms with Gasteiger partial charge < -0.3 is 29.2 Å². The lowest BCUT2D eigenvalue weighted by Crippen LogP contribution is -2.30. The van der Waals surface area contributed by atoms with Crippen LogP contribution in [0.4, 0.5) is 0 Å². The van der Waals surface area contributed by atoms with Crippen molar-refractivity contribution in [1.29, 1.82) is 0 Å². The van der Waals surface area contributed by atoms with Gasteiger partial charge in [0.25, 0.3) is 0 Å². The van der Waals surface area contributed by atoms with Crippen LogP contribution in [0.1, 0.15) is 42.8 Å². The fraction of sp³-hybridized carbons (Fsp3) is 0.276. The highest BCUT2D eigenvalue weighted by molar-refractivity contribution is 5.66. The van der Waals surface area contributed by atoms with Gasteiger partial charge in [0.15, 0.2) is 6.29 Å². The van der Waals surface area contributed by atoms with E-state index in [2.05, 4.69) is 0 Å². The minimum Gasteiger partial charge on any atom is -0.508 e. The summed E-state index contributed by atoms with van der Waals surface area (Å²) in [7, 11) is 1.61. The predicted octanol–water partition coefficient (Wildman–Crippen LogP) is 6.41. The number of aliphatic carboxylic acids is 1. The largest absolute Gasteiger partial charge is 0.508 e. The van der Waals surface area contributed by atoms with Crippen LogP contribution < -0.4 is 9.47 Å². The van der Waals surface area contributed by atoms with E-state index in [-0.39, 0.29) is 18.1 Å². The molecule has 2 N–H and O–H groups in total. The first-order chi connectivity index (χ1) is 17.5. The van der Waals surface area contributed by atoms with Crippen molar-refractivity contribution in [3.63, 3.8) is 0 Å². The normalized spacial score (nSPS) is 19.8. The van der Waals surface area contributed by atoms with E-state index in [1.54, 1.807) is 19.2 Å². The van der Waals surface area contributed by atoms with E-state index >= 15 is 0 Å². The first-order valence-corrected chi connectivity index (χ1v) is 11.9. The van der Waals surface area contributed by atoms with Crippen molar-refractivity contribution in [3.8, 4) is 23.0 Å². The number of aromatic hydroxyl groups is 1. The molecule has 36 heavy (non-hydrogen) atoms. The summed E-state index contributed by atoms with van der Waals surface area (Å²) >= 11 is 0. The van der Waals surface area contributed by atoms with Gasteiger partial charge in [-0.3, -0.25) is 4.79 Å². The smallest absolute Gasteiger partial charge is 0.303 e. The second-order valence-corrected chi connectivity index (χ2v) is 8.50. The van der Waals surface area contributed by atoms with Crippen LogP contribution in [0.2, 0.25) is 0 Å². The number of rotatable bonds is 10. The fourth-order valence-electron chi connectivity index (χ4n) is 4.13. The molecule has 3 aromatic carbocycles. The zero-order valence-corrected chi connectivity index (χ0v) is 20.1. The molecule has 0 amide bonds. The summed E-state index contributed by atoms with van der Waals surface area (Å²) in [5.41, 5.74) is 1.42. The molecule has 1 heterocycles. The Kier molecular flexibility index (Phi) is 8.60. The Labute approximate surface area is 210 Å². The second kappa shape index (κ2) is 12.2. The number of ether oxygens (including phenoxy) is 4. The highest BCUT2D eigenvalue weighted by Gasteiger charge is 2.35. The number of para-hydroxylation sites is 2. The summed E-state index contributed by atoms with van der Waals surface area (Å²) in [6, 6.07) is 22.0. The summed E-state index contributed by atoms with van der Waals surface area (Å²) in [6.07, 6.45) is 3.86. The molecule has 1 aliphatic heterocycles. The van der Waals surface area contributed by atoms with E-state index < -0.39 is 18.4 Å². The van der Waals surface area contributed by atoms with Crippen molar-refractivity contribution in [2.45, 2.75) is 31.7 Å². The van der Waals surface area contributed by atoms with Gasteiger partial charge in [-0.2, -0.15) is 0 Å². The maximum absolute atomic E-state index is 10.8. The third kappa shape index (κ3) is 6.44. The molecule has 188 valence electrons. The maximum Gasteiger partial charge on any atom is 0.303 e. The average Bonchev–Trinajstić information content (AvgIpc) is 2.89. The summed E-state index contributed by atoms with van der Waals surface area (Å²) in [5, 5.41) is 19.4. The van der Waals surface area contributed by atoms with Crippen molar-refractivity contribution in [3.05, 3.63) is 96.1 Å². The van der Waals surface area contributed by atoms with Crippen molar-refractivity contribution >= 4 is 5.97 Å². The van der Waals surface area contributed by atoms with Crippen molar-refractivity contribution in [1.82, 2.24) is 0 Å². The van der Waals surface area contributed by atoms with E-state index in [1.165, 1.54) is 0 Å². The Bertz CT molecular complexity index is 1170. The monoisotopic (exact) mass is 490 g/mol. The molecule has 3 atom stereocenters. The minimum atomic E-state index is -0.825. The standard InChI is InChI=1S/C29H30O7/c1-33-21-15-17-22(18-16-21)35-26-13-8-6-11-24(26)29-34-19-20(9-3-2-4-14-27(31)32)28(36-29)23-10-5-7-12-25(23)30/h2-3,5-8,10-13,15-18,20,28-30H,4,9,14,19H2,1H3,(H,31,32). The zero-order valence-electron chi connectivity index (χ0n) is 20.1. The molecule has 0 spiro atoms. The fourth-order valence-corrected chi connectivity index (χ4v) is 4.13. The van der Waals surface area contributed by atoms with Gasteiger partial charge in [-0.25, -0.2) is 0 Å². The molecule has 4 rings (SSSR count). The lowest BCUT2D eigenvalue weighted by Gasteiger charge is -2.37. The molecule has 0 radical (unpaired) electrons. The van der Waals surface area contributed by atoms with Crippen LogP contribution in [0, 0.1) is 5.92 Å². The van der Waals surface area contributed by atoms with Crippen LogP contribution in [0.3, 0.4) is 0 Å². The number of hydrogen-bond acceptors (Lipinski definition) is 6. The summed E-state index contributed by atoms with van der Waals surface area (Å²) in [5.74, 6) is 1.27. The van der Waals surface area contributed by atoms with E-state index in [9.17, 15) is 9.90 Å². The van der Waals surface area contributed by atoms with Crippen molar-refractivity contribution < 1.29 is 34.0 Å². The first-order valence-electron chi connectivity index (χ1n) is 11.9. The quantitative estimate of drug-likeness (QED) is 0.317. The molecule has 0 saturated carbocycles. The van der Waals surface area contributed by atoms with Crippen LogP contribution >= 0.6 is 0 Å². The number of carbonyl (C=O) groups is 1. The molecular weight excluding hydrogens is 460 g/mol. The topological polar surface area (TPSA) is 94.5 Å². The predicted molar refractivity (Wildman–Crippen MR) is 134 cm³/mol. The van der Waals surface area contributed by atoms with Crippen molar-refractivity contribution in [2.24, 2.45) is 5.92 Å². The van der Waals surface area contributed by atoms with Crippen LogP contribution in [0.5, 0.6) is 23.0 Å². The molecule has 1 saturated heterocycles. The van der Waals surface area contributed by atoms with Gasteiger partial charge >= 0.3 is 5.97 Å². The summed E-state index contributed by atoms with van der Waals surface area (Å²) < 4.78 is 24.0. The van der Waals surface area contributed by atoms with E-state index in [0.717, 1.165) is 11.3 Å². The molecule has 1 fully saturated rings. The van der Waals surface area contributed by atoms with Gasteiger partial charge in [0.1, 0.15) is 23.0 Å². The molecule has 3 unspecified atom stereocenters. The van der Waals surface area contributed by atoms with Gasteiger partial charge in [-0.15, -0.1) is 0 Å². The van der Waals surface area contributed by atoms with Crippen LogP contribution in [0.15, 0.2) is 84.9 Å². The Morgan fingerprint density at radius 1 is 0.972 bits per heavy atom. The highest BCUT2D eigenvalue weighted by Crippen LogP contribution is 2.44. The van der Waals surface area contributed by atoms with E-state index in [1.807, 2.05) is 72.8 Å². The zero-order chi connectivity index (χ0) is 25.3. The number of phenolic OH excluding ortho intramolecular Hbond substituents is 1. The van der Waals surface area contributed by atoms with Gasteiger partial charge in [0.2, 0.25) is 0 Å². The van der Waals surface area contributed by atoms with Gasteiger partial charge in [0.05, 0.1) is 25.4 Å². The van der Waals surface area contributed by atoms with E-state index in [0.29, 0.717) is 36.5 Å². The molecule has 7 nitrogen and oxygen atoms in total. The van der Waals surface area contributed by atoms with E-state index in [4.69, 9.17) is 24.1 Å². The first kappa shape index (κ1) is 25.3. The Morgan fingerprint density at radius 2 is 1.67 bits per heavy atom. The third-order valence-electron chi connectivity index (χ3n) is 5.99. The third-order valence-corrected chi connectivity index (χ3v) is 5.99. The Hall–Kier alpha value is -3.81. The van der Waals surface area contributed by atoms with Crippen LogP contribution in [-0.2, 0) is 14.3 Å².